The van der Waals surface area contributed by atoms with Crippen LogP contribution in [0.2, 0.25) is 0 Å². The first-order valence-corrected chi connectivity index (χ1v) is 15.9. The molecule has 0 radical (unpaired) electrons. The molecule has 3 aromatic heterocycles. The fraction of sp³-hybridized carbons (Fsp3) is 0.263. The number of fused-ring (bicyclic) bond motifs is 11. The van der Waals surface area contributed by atoms with Crippen molar-refractivity contribution in [2.45, 2.75) is 53.4 Å². The van der Waals surface area contributed by atoms with Crippen LogP contribution in [0.15, 0.2) is 66.7 Å². The lowest BCUT2D eigenvalue weighted by molar-refractivity contribution is -0.122. The summed E-state index contributed by atoms with van der Waals surface area (Å²) in [5.74, 6) is -1.05. The molecule has 4 aliphatic rings. The third-order valence-electron chi connectivity index (χ3n) is 10.1. The molecule has 0 saturated carbocycles. The number of H-pyrrole nitrogens is 2. The monoisotopic (exact) mass is 593 g/mol. The average molecular weight is 594 g/mol. The number of allylic oxidation sites excluding steroid dienone is 4. The van der Waals surface area contributed by atoms with E-state index in [-0.39, 0.29) is 11.8 Å². The van der Waals surface area contributed by atoms with E-state index >= 15 is 0 Å². The van der Waals surface area contributed by atoms with Crippen molar-refractivity contribution in [3.05, 3.63) is 101 Å². The highest BCUT2D eigenvalue weighted by Gasteiger charge is 2.51. The number of nitrogens with zero attached hydrogens (tertiary/aromatic N) is 3. The topological polar surface area (TPSA) is 94.7 Å². The minimum absolute atomic E-state index is 0.119. The van der Waals surface area contributed by atoms with E-state index in [1.807, 2.05) is 30.3 Å². The zero-order valence-corrected chi connectivity index (χ0v) is 26.0. The predicted molar refractivity (Wildman–Crippen MR) is 180 cm³/mol. The predicted octanol–water partition coefficient (Wildman–Crippen LogP) is 8.04. The molecule has 45 heavy (non-hydrogen) atoms. The van der Waals surface area contributed by atoms with Crippen molar-refractivity contribution >= 4 is 61.9 Å². The molecule has 3 aliphatic heterocycles. The first kappa shape index (κ1) is 27.5. The molecule has 7 heteroatoms. The van der Waals surface area contributed by atoms with Gasteiger partial charge in [-0.1, -0.05) is 32.0 Å². The van der Waals surface area contributed by atoms with E-state index in [0.29, 0.717) is 18.5 Å². The Kier molecular flexibility index (Phi) is 6.27. The lowest BCUT2D eigenvalue weighted by Crippen LogP contribution is -2.30. The van der Waals surface area contributed by atoms with Gasteiger partial charge in [0.05, 0.1) is 40.3 Å². The van der Waals surface area contributed by atoms with Crippen molar-refractivity contribution < 1.29 is 9.59 Å². The largest absolute Gasteiger partial charge is 0.355 e. The molecule has 1 fully saturated rings. The van der Waals surface area contributed by atoms with Crippen molar-refractivity contribution in [2.24, 2.45) is 11.8 Å². The maximum atomic E-state index is 13.8. The molecule has 4 aromatic rings. The summed E-state index contributed by atoms with van der Waals surface area (Å²) < 4.78 is 0. The number of hydrogen-bond donors (Lipinski definition) is 2. The van der Waals surface area contributed by atoms with Gasteiger partial charge >= 0.3 is 0 Å². The second-order valence-electron chi connectivity index (χ2n) is 12.5. The highest BCUT2D eigenvalue weighted by atomic mass is 16.2. The number of imide groups is 1. The molecule has 2 N–H and O–H groups in total. The number of carbonyl (C=O) groups is 2. The molecule has 0 unspecified atom stereocenters. The second kappa shape index (κ2) is 10.3. The number of hydrogen-bond acceptors (Lipinski definition) is 4. The molecule has 2 atom stereocenters. The van der Waals surface area contributed by atoms with Gasteiger partial charge in [0.25, 0.3) is 0 Å². The molecule has 6 heterocycles. The summed E-state index contributed by atoms with van der Waals surface area (Å²) in [7, 11) is 0. The smallest absolute Gasteiger partial charge is 0.238 e. The van der Waals surface area contributed by atoms with Crippen LogP contribution >= 0.6 is 0 Å². The number of rotatable bonds is 3. The summed E-state index contributed by atoms with van der Waals surface area (Å²) in [4.78, 5) is 46.5. The molecule has 1 aromatic carbocycles. The van der Waals surface area contributed by atoms with Gasteiger partial charge < -0.3 is 9.97 Å². The van der Waals surface area contributed by atoms with Crippen LogP contribution in [0, 0.1) is 18.8 Å². The van der Waals surface area contributed by atoms with E-state index in [0.717, 1.165) is 74.4 Å². The van der Waals surface area contributed by atoms with Crippen LogP contribution in [-0.4, -0.2) is 31.8 Å². The van der Waals surface area contributed by atoms with Gasteiger partial charge in [0.2, 0.25) is 11.8 Å². The Morgan fingerprint density at radius 2 is 1.36 bits per heavy atom. The third kappa shape index (κ3) is 4.25. The van der Waals surface area contributed by atoms with Gasteiger partial charge in [-0.15, -0.1) is 0 Å². The Bertz CT molecular complexity index is 2160. The number of aromatic nitrogens is 4. The number of aromatic amines is 2. The van der Waals surface area contributed by atoms with Gasteiger partial charge in [-0.3, -0.25) is 14.5 Å². The Morgan fingerprint density at radius 3 is 2.02 bits per heavy atom. The van der Waals surface area contributed by atoms with Crippen LogP contribution < -0.4 is 4.90 Å². The third-order valence-corrected chi connectivity index (χ3v) is 10.1. The quantitative estimate of drug-likeness (QED) is 0.235. The standard InChI is InChI=1S/C38H35N5O2/c1-5-25-20(3)31-14-22-12-13-23(39-22)15-32-21(4)26(6-2)34(41-32)19-36-28-17-30-29(16-27(28)35(42-36)18-33(25)40-31)37(44)43(38(30)45)24-10-8-7-9-11-24/h7-15,18-19,29-30,39-40H,5-6,16-17H2,1-4H3/t29-,30+/m0/s1. The van der Waals surface area contributed by atoms with Crippen LogP contribution in [0.3, 0.4) is 0 Å². The van der Waals surface area contributed by atoms with E-state index in [4.69, 9.17) is 9.97 Å². The molecule has 2 amide bonds. The molecule has 8 bridgehead atoms. The molecular weight excluding hydrogens is 558 g/mol. The molecule has 224 valence electrons. The first-order chi connectivity index (χ1) is 21.8. The molecule has 0 spiro atoms. The van der Waals surface area contributed by atoms with E-state index in [9.17, 15) is 9.59 Å². The highest BCUT2D eigenvalue weighted by Crippen LogP contribution is 2.50. The number of nitrogens with one attached hydrogen (secondary N) is 2. The maximum Gasteiger partial charge on any atom is 0.238 e. The van der Waals surface area contributed by atoms with Crippen molar-refractivity contribution in [1.29, 1.82) is 0 Å². The first-order valence-electron chi connectivity index (χ1n) is 15.9. The minimum Gasteiger partial charge on any atom is -0.355 e. The maximum absolute atomic E-state index is 13.8. The number of carbonyl (C=O) groups excluding carboxylic acids is 2. The lowest BCUT2D eigenvalue weighted by Gasteiger charge is -2.23. The van der Waals surface area contributed by atoms with Crippen LogP contribution in [0.5, 0.6) is 0 Å². The number of anilines is 1. The fourth-order valence-electron chi connectivity index (χ4n) is 7.69. The molecule has 1 aliphatic carbocycles. The number of para-hydroxylation sites is 1. The molecule has 8 rings (SSSR count). The van der Waals surface area contributed by atoms with E-state index in [1.165, 1.54) is 21.6 Å². The minimum atomic E-state index is -0.408. The number of benzene rings is 1. The summed E-state index contributed by atoms with van der Waals surface area (Å²) in [6, 6.07) is 22.0. The fourth-order valence-corrected chi connectivity index (χ4v) is 7.69. The number of aryl methyl sites for hydroxylation is 2. The zero-order valence-electron chi connectivity index (χ0n) is 26.0. The van der Waals surface area contributed by atoms with Crippen LogP contribution in [-0.2, 0) is 16.0 Å². The summed E-state index contributed by atoms with van der Waals surface area (Å²) >= 11 is 0. The molecule has 7 nitrogen and oxygen atoms in total. The normalized spacial score (nSPS) is 19.4. The average Bonchev–Trinajstić information content (AvgIpc) is 3.82. The molecular formula is C38H35N5O2. The van der Waals surface area contributed by atoms with E-state index < -0.39 is 11.8 Å². The van der Waals surface area contributed by atoms with Crippen molar-refractivity contribution in [3.63, 3.8) is 0 Å². The van der Waals surface area contributed by atoms with Gasteiger partial charge in [-0.2, -0.15) is 0 Å². The van der Waals surface area contributed by atoms with Crippen LogP contribution in [0.25, 0.3) is 44.4 Å². The van der Waals surface area contributed by atoms with Gasteiger partial charge in [0, 0.05) is 22.1 Å². The van der Waals surface area contributed by atoms with Crippen molar-refractivity contribution in [1.82, 2.24) is 19.9 Å². The Hall–Kier alpha value is -5.04. The van der Waals surface area contributed by atoms with Crippen molar-refractivity contribution in [3.8, 4) is 0 Å². The SMILES string of the molecule is CCC1=C(C)c2cc3ccc(cc4[nH]c(cc5nc(cc1n2)C1=C5C[C@@H]2C(=O)N(c5ccccc5)C(=O)[C@@H]2C1)c(CC)c4C)[nH]3. The number of amides is 2. The Balaban J connectivity index is 1.37. The summed E-state index contributed by atoms with van der Waals surface area (Å²) in [6.45, 7) is 8.62. The van der Waals surface area contributed by atoms with Crippen molar-refractivity contribution in [2.75, 3.05) is 4.90 Å². The van der Waals surface area contributed by atoms with Gasteiger partial charge in [0.15, 0.2) is 0 Å². The highest BCUT2D eigenvalue weighted by molar-refractivity contribution is 6.23. The van der Waals surface area contributed by atoms with Gasteiger partial charge in [0.1, 0.15) is 0 Å². The molecule has 1 saturated heterocycles. The van der Waals surface area contributed by atoms with Crippen LogP contribution in [0.4, 0.5) is 5.69 Å². The van der Waals surface area contributed by atoms with E-state index in [1.54, 1.807) is 0 Å². The van der Waals surface area contributed by atoms with E-state index in [2.05, 4.69) is 74.1 Å². The van der Waals surface area contributed by atoms with Gasteiger partial charge in [-0.25, -0.2) is 9.97 Å². The van der Waals surface area contributed by atoms with Crippen LogP contribution in [0.1, 0.15) is 73.9 Å². The summed E-state index contributed by atoms with van der Waals surface area (Å²) in [5.41, 5.74) is 15.2. The Labute approximate surface area is 261 Å². The van der Waals surface area contributed by atoms with Gasteiger partial charge in [-0.05, 0) is 121 Å². The summed E-state index contributed by atoms with van der Waals surface area (Å²) in [6.07, 6.45) is 2.68. The zero-order chi connectivity index (χ0) is 31.0. The summed E-state index contributed by atoms with van der Waals surface area (Å²) in [5, 5.41) is 0. The lowest BCUT2D eigenvalue weighted by atomic mass is 9.76. The second-order valence-corrected chi connectivity index (χ2v) is 12.5. The Morgan fingerprint density at radius 1 is 0.711 bits per heavy atom.